The molecule has 4 aromatic rings. The van der Waals surface area contributed by atoms with E-state index in [-0.39, 0.29) is 0 Å². The highest BCUT2D eigenvalue weighted by Gasteiger charge is 2.24. The third-order valence-electron chi connectivity index (χ3n) is 4.33. The number of hydrogen-bond acceptors (Lipinski definition) is 4. The summed E-state index contributed by atoms with van der Waals surface area (Å²) in [4.78, 5) is 2.84. The lowest BCUT2D eigenvalue weighted by Crippen LogP contribution is -1.92. The lowest BCUT2D eigenvalue weighted by atomic mass is 10.0. The molecule has 0 nitrogen and oxygen atoms in total. The summed E-state index contributed by atoms with van der Waals surface area (Å²) in [5.74, 6) is 0.861. The molecule has 0 radical (unpaired) electrons. The van der Waals surface area contributed by atoms with E-state index in [0.29, 0.717) is 11.8 Å². The molecule has 0 spiro atoms. The van der Waals surface area contributed by atoms with Crippen molar-refractivity contribution < 1.29 is 0 Å². The molecular formula is C18H14Br2S4. The van der Waals surface area contributed by atoms with E-state index in [4.69, 9.17) is 0 Å². The van der Waals surface area contributed by atoms with Gasteiger partial charge >= 0.3 is 0 Å². The van der Waals surface area contributed by atoms with Crippen molar-refractivity contribution in [1.82, 2.24) is 0 Å². The van der Waals surface area contributed by atoms with Gasteiger partial charge in [-0.15, -0.1) is 22.7 Å². The quantitative estimate of drug-likeness (QED) is 0.253. The Morgan fingerprint density at radius 3 is 1.50 bits per heavy atom. The fourth-order valence-electron chi connectivity index (χ4n) is 2.82. The van der Waals surface area contributed by atoms with E-state index in [0.717, 1.165) is 0 Å². The monoisotopic (exact) mass is 516 g/mol. The van der Waals surface area contributed by atoms with Crippen molar-refractivity contribution in [3.05, 3.63) is 63.5 Å². The van der Waals surface area contributed by atoms with Crippen molar-refractivity contribution in [3.8, 4) is 0 Å². The molecular weight excluding hydrogens is 504 g/mol. The van der Waals surface area contributed by atoms with Crippen LogP contribution in [0.25, 0.3) is 9.40 Å². The van der Waals surface area contributed by atoms with Gasteiger partial charge in [-0.25, -0.2) is 0 Å². The molecule has 0 bridgehead atoms. The fourth-order valence-corrected chi connectivity index (χ4v) is 9.26. The minimum absolute atomic E-state index is 0.430. The summed E-state index contributed by atoms with van der Waals surface area (Å²) in [5.41, 5.74) is 2.80. The highest BCUT2D eigenvalue weighted by molar-refractivity contribution is 9.11. The van der Waals surface area contributed by atoms with Crippen LogP contribution in [0.3, 0.4) is 0 Å². The summed E-state index contributed by atoms with van der Waals surface area (Å²) in [6.07, 6.45) is 0. The highest BCUT2D eigenvalue weighted by Crippen LogP contribution is 2.51. The maximum Gasteiger partial charge on any atom is 0.0611 e. The Bertz CT molecular complexity index is 881. The Morgan fingerprint density at radius 1 is 0.750 bits per heavy atom. The van der Waals surface area contributed by atoms with Crippen molar-refractivity contribution in [2.75, 3.05) is 0 Å². The second-order valence-electron chi connectivity index (χ2n) is 5.78. The molecule has 6 heteroatoms. The standard InChI is InChI=1S/C18H14Br2S4/c1-9(11-3-5-21-7-11)15-13(19)17-18(23-15)14(20)16(24-17)10(2)12-4-6-22-8-12/h3-10H,1-2H3. The van der Waals surface area contributed by atoms with Crippen molar-refractivity contribution in [2.24, 2.45) is 0 Å². The van der Waals surface area contributed by atoms with Gasteiger partial charge in [0.05, 0.1) is 9.40 Å². The highest BCUT2D eigenvalue weighted by atomic mass is 79.9. The van der Waals surface area contributed by atoms with Gasteiger partial charge in [-0.3, -0.25) is 0 Å². The number of rotatable bonds is 4. The molecule has 0 N–H and O–H groups in total. The number of thiophene rings is 4. The van der Waals surface area contributed by atoms with Crippen molar-refractivity contribution in [3.63, 3.8) is 0 Å². The Morgan fingerprint density at radius 2 is 1.17 bits per heavy atom. The summed E-state index contributed by atoms with van der Waals surface area (Å²) in [6, 6.07) is 4.46. The molecule has 0 fully saturated rings. The first kappa shape index (κ1) is 17.4. The average molecular weight is 518 g/mol. The van der Waals surface area contributed by atoms with E-state index < -0.39 is 0 Å². The Kier molecular flexibility index (Phi) is 5.06. The molecule has 0 aromatic carbocycles. The molecule has 0 aliphatic heterocycles. The van der Waals surface area contributed by atoms with E-state index in [9.17, 15) is 0 Å². The van der Waals surface area contributed by atoms with Crippen LogP contribution in [0.5, 0.6) is 0 Å². The molecule has 124 valence electrons. The van der Waals surface area contributed by atoms with Crippen LogP contribution in [0.1, 0.15) is 46.6 Å². The van der Waals surface area contributed by atoms with Crippen LogP contribution in [-0.2, 0) is 0 Å². The molecule has 4 aromatic heterocycles. The molecule has 0 amide bonds. The average Bonchev–Trinajstić information content (AvgIpc) is 3.34. The predicted molar refractivity (Wildman–Crippen MR) is 119 cm³/mol. The Hall–Kier alpha value is 0.0200. The summed E-state index contributed by atoms with van der Waals surface area (Å²) < 4.78 is 5.30. The molecule has 24 heavy (non-hydrogen) atoms. The summed E-state index contributed by atoms with van der Waals surface area (Å²) in [5, 5.41) is 8.83. The van der Waals surface area contributed by atoms with Gasteiger partial charge in [0.15, 0.2) is 0 Å². The van der Waals surface area contributed by atoms with E-state index in [2.05, 4.69) is 79.4 Å². The molecule has 0 saturated heterocycles. The van der Waals surface area contributed by atoms with Gasteiger partial charge in [-0.2, -0.15) is 22.7 Å². The lowest BCUT2D eigenvalue weighted by molar-refractivity contribution is 0.949. The zero-order valence-electron chi connectivity index (χ0n) is 13.0. The summed E-state index contributed by atoms with van der Waals surface area (Å²) >= 11 is 15.1. The number of halogens is 2. The second-order valence-corrected chi connectivity index (χ2v) is 11.0. The van der Waals surface area contributed by atoms with Crippen LogP contribution in [0, 0.1) is 0 Å². The van der Waals surface area contributed by atoms with Crippen LogP contribution in [-0.4, -0.2) is 0 Å². The molecule has 4 rings (SSSR count). The first-order valence-electron chi connectivity index (χ1n) is 7.52. The van der Waals surface area contributed by atoms with E-state index in [1.807, 2.05) is 22.7 Å². The Labute approximate surface area is 174 Å². The van der Waals surface area contributed by atoms with Gasteiger partial charge in [0.25, 0.3) is 0 Å². The van der Waals surface area contributed by atoms with Crippen LogP contribution in [0.4, 0.5) is 0 Å². The smallest absolute Gasteiger partial charge is 0.0611 e. The molecule has 0 saturated carbocycles. The van der Waals surface area contributed by atoms with Gasteiger partial charge < -0.3 is 0 Å². The topological polar surface area (TPSA) is 0 Å². The van der Waals surface area contributed by atoms with Crippen LogP contribution >= 0.6 is 77.2 Å². The van der Waals surface area contributed by atoms with Crippen LogP contribution < -0.4 is 0 Å². The summed E-state index contributed by atoms with van der Waals surface area (Å²) in [7, 11) is 0. The van der Waals surface area contributed by atoms with E-state index in [1.54, 1.807) is 22.7 Å². The van der Waals surface area contributed by atoms with Gasteiger partial charge in [0, 0.05) is 30.5 Å². The zero-order valence-corrected chi connectivity index (χ0v) is 19.4. The minimum atomic E-state index is 0.430. The molecule has 2 atom stereocenters. The van der Waals surface area contributed by atoms with Crippen molar-refractivity contribution >= 4 is 86.6 Å². The summed E-state index contributed by atoms with van der Waals surface area (Å²) in [6.45, 7) is 4.59. The SMILES string of the molecule is CC(c1ccsc1)c1sc2c(Br)c(C(C)c3ccsc3)sc2c1Br. The van der Waals surface area contributed by atoms with Crippen LogP contribution in [0.15, 0.2) is 42.6 Å². The van der Waals surface area contributed by atoms with Crippen LogP contribution in [0.2, 0.25) is 0 Å². The van der Waals surface area contributed by atoms with Gasteiger partial charge in [-0.1, -0.05) is 13.8 Å². The number of hydrogen-bond donors (Lipinski definition) is 0. The normalized spacial score (nSPS) is 14.3. The van der Waals surface area contributed by atoms with Gasteiger partial charge in [0.1, 0.15) is 0 Å². The lowest BCUT2D eigenvalue weighted by Gasteiger charge is -2.10. The van der Waals surface area contributed by atoms with Gasteiger partial charge in [0.2, 0.25) is 0 Å². The van der Waals surface area contributed by atoms with E-state index in [1.165, 1.54) is 39.2 Å². The number of fused-ring (bicyclic) bond motifs is 1. The largest absolute Gasteiger partial charge is 0.152 e. The maximum absolute atomic E-state index is 3.89. The third kappa shape index (κ3) is 2.89. The molecule has 4 heterocycles. The first-order chi connectivity index (χ1) is 11.6. The first-order valence-corrected chi connectivity index (χ1v) is 12.6. The third-order valence-corrected chi connectivity index (χ3v) is 11.3. The van der Waals surface area contributed by atoms with Crippen molar-refractivity contribution in [2.45, 2.75) is 25.7 Å². The Balaban J connectivity index is 1.78. The van der Waals surface area contributed by atoms with Crippen molar-refractivity contribution in [1.29, 1.82) is 0 Å². The molecule has 0 aliphatic carbocycles. The minimum Gasteiger partial charge on any atom is -0.152 e. The van der Waals surface area contributed by atoms with Gasteiger partial charge in [-0.05, 0) is 76.6 Å². The van der Waals surface area contributed by atoms with E-state index >= 15 is 0 Å². The second kappa shape index (κ2) is 6.97. The molecule has 0 aliphatic rings. The zero-order chi connectivity index (χ0) is 16.8. The fraction of sp³-hybridized carbons (Fsp3) is 0.222. The maximum atomic E-state index is 3.89. The molecule has 2 unspecified atom stereocenters. The predicted octanol–water partition coefficient (Wildman–Crippen LogP) is 8.91.